The number of phenolic OH excluding ortho intramolecular Hbond substituents is 1. The van der Waals surface area contributed by atoms with Gasteiger partial charge in [-0.25, -0.2) is 4.79 Å². The molecule has 3 aromatic rings. The molecule has 1 unspecified atom stereocenters. The maximum atomic E-state index is 13.3. The quantitative estimate of drug-likeness (QED) is 0.461. The number of hydrogen-bond donors (Lipinski definition) is 3. The highest BCUT2D eigenvalue weighted by Gasteiger charge is 2.35. The third-order valence-electron chi connectivity index (χ3n) is 5.48. The average Bonchev–Trinajstić information content (AvgIpc) is 3.16. The van der Waals surface area contributed by atoms with Gasteiger partial charge in [0.2, 0.25) is 6.35 Å². The smallest absolute Gasteiger partial charge is 0.332 e. The molecule has 0 bridgehead atoms. The van der Waals surface area contributed by atoms with Crippen molar-refractivity contribution in [3.8, 4) is 5.75 Å². The van der Waals surface area contributed by atoms with E-state index in [0.29, 0.717) is 23.1 Å². The monoisotopic (exact) mass is 472 g/mol. The first-order chi connectivity index (χ1) is 15.9. The molecule has 1 aromatic heterocycles. The molecule has 1 atom stereocenters. The molecule has 0 fully saturated rings. The van der Waals surface area contributed by atoms with E-state index in [4.69, 9.17) is 16.3 Å². The molecule has 0 amide bonds. The zero-order valence-electron chi connectivity index (χ0n) is 18.1. The Hall–Kier alpha value is -3.27. The summed E-state index contributed by atoms with van der Waals surface area (Å²) in [5, 5.41) is 22.7. The minimum atomic E-state index is -0.731. The van der Waals surface area contributed by atoms with Gasteiger partial charge in [-0.05, 0) is 41.8 Å². The fraction of sp³-hybridized carbons (Fsp3) is 0.304. The van der Waals surface area contributed by atoms with Gasteiger partial charge in [-0.3, -0.25) is 13.9 Å². The second-order valence-electron chi connectivity index (χ2n) is 7.80. The van der Waals surface area contributed by atoms with Crippen molar-refractivity contribution < 1.29 is 14.9 Å². The standard InChI is InChI=1S/C23H25ClN4O5/c1-26-20-19(21(31)27(23(26)32)10-3-11-29)28(13-15-6-8-17(24)9-7-15)22(25-20)33-14-16-4-2-5-18(30)12-16/h2,4-9,12,22,25,29-30H,3,10-11,13-14H2,1H3. The lowest BCUT2D eigenvalue weighted by Gasteiger charge is -2.26. The van der Waals surface area contributed by atoms with Gasteiger partial charge in [0, 0.05) is 31.8 Å². The number of phenols is 1. The normalized spacial score (nSPS) is 14.9. The lowest BCUT2D eigenvalue weighted by Crippen LogP contribution is -2.42. The molecule has 1 aliphatic rings. The molecule has 0 saturated heterocycles. The van der Waals surface area contributed by atoms with Crippen LogP contribution >= 0.6 is 11.6 Å². The third-order valence-corrected chi connectivity index (χ3v) is 5.73. The highest BCUT2D eigenvalue weighted by molar-refractivity contribution is 6.30. The summed E-state index contributed by atoms with van der Waals surface area (Å²) in [6.07, 6.45) is -0.444. The van der Waals surface area contributed by atoms with E-state index in [1.165, 1.54) is 4.57 Å². The molecule has 33 heavy (non-hydrogen) atoms. The van der Waals surface area contributed by atoms with Gasteiger partial charge >= 0.3 is 5.69 Å². The number of aliphatic hydroxyl groups excluding tert-OH is 1. The van der Waals surface area contributed by atoms with E-state index in [9.17, 15) is 19.8 Å². The van der Waals surface area contributed by atoms with E-state index in [1.54, 1.807) is 42.3 Å². The van der Waals surface area contributed by atoms with Crippen molar-refractivity contribution in [2.75, 3.05) is 16.8 Å². The van der Waals surface area contributed by atoms with Crippen LogP contribution in [-0.2, 0) is 31.5 Å². The van der Waals surface area contributed by atoms with Crippen LogP contribution in [0.1, 0.15) is 17.5 Å². The summed E-state index contributed by atoms with van der Waals surface area (Å²) in [5.41, 5.74) is 1.04. The Labute approximate surface area is 195 Å². The molecule has 174 valence electrons. The molecule has 0 radical (unpaired) electrons. The Morgan fingerprint density at radius 1 is 1.12 bits per heavy atom. The SMILES string of the molecule is Cn1c2c(c(=O)n(CCCO)c1=O)N(Cc1ccc(Cl)cc1)C(OCc1cccc(O)c1)N2. The Morgan fingerprint density at radius 2 is 1.88 bits per heavy atom. The van der Waals surface area contributed by atoms with E-state index in [2.05, 4.69) is 5.32 Å². The van der Waals surface area contributed by atoms with Crippen LogP contribution < -0.4 is 21.5 Å². The van der Waals surface area contributed by atoms with E-state index >= 15 is 0 Å². The second kappa shape index (κ2) is 9.70. The first-order valence-electron chi connectivity index (χ1n) is 10.5. The van der Waals surface area contributed by atoms with Gasteiger partial charge in [0.25, 0.3) is 5.56 Å². The highest BCUT2D eigenvalue weighted by Crippen LogP contribution is 2.32. The molecule has 2 heterocycles. The third kappa shape index (κ3) is 4.75. The van der Waals surface area contributed by atoms with Crippen molar-refractivity contribution in [1.29, 1.82) is 0 Å². The molecule has 2 aromatic carbocycles. The van der Waals surface area contributed by atoms with Crippen molar-refractivity contribution in [2.45, 2.75) is 32.5 Å². The van der Waals surface area contributed by atoms with Gasteiger partial charge < -0.3 is 25.2 Å². The number of halogens is 1. The predicted octanol–water partition coefficient (Wildman–Crippen LogP) is 2.22. The van der Waals surface area contributed by atoms with Crippen LogP contribution in [0.15, 0.2) is 58.1 Å². The van der Waals surface area contributed by atoms with Crippen LogP contribution in [-0.4, -0.2) is 32.3 Å². The summed E-state index contributed by atoms with van der Waals surface area (Å²) in [5.74, 6) is 0.492. The van der Waals surface area contributed by atoms with Gasteiger partial charge in [0.1, 0.15) is 17.3 Å². The number of aliphatic hydroxyl groups is 1. The van der Waals surface area contributed by atoms with E-state index in [0.717, 1.165) is 15.7 Å². The number of fused-ring (bicyclic) bond motifs is 1. The van der Waals surface area contributed by atoms with Gasteiger partial charge in [-0.1, -0.05) is 35.9 Å². The summed E-state index contributed by atoms with van der Waals surface area (Å²) in [6, 6.07) is 14.0. The zero-order valence-corrected chi connectivity index (χ0v) is 18.8. The number of aromatic nitrogens is 2. The fourth-order valence-electron chi connectivity index (χ4n) is 3.82. The molecule has 10 heteroatoms. The number of nitrogens with one attached hydrogen (secondary N) is 1. The molecule has 0 aliphatic carbocycles. The van der Waals surface area contributed by atoms with Crippen molar-refractivity contribution >= 4 is 23.1 Å². The maximum Gasteiger partial charge on any atom is 0.332 e. The molecule has 0 spiro atoms. The maximum absolute atomic E-state index is 13.3. The fourth-order valence-corrected chi connectivity index (χ4v) is 3.94. The Bertz CT molecular complexity index is 1260. The number of ether oxygens (including phenoxy) is 1. The van der Waals surface area contributed by atoms with E-state index < -0.39 is 17.6 Å². The van der Waals surface area contributed by atoms with Crippen molar-refractivity contribution in [1.82, 2.24) is 9.13 Å². The minimum absolute atomic E-state index is 0.110. The van der Waals surface area contributed by atoms with Crippen LogP contribution in [0.3, 0.4) is 0 Å². The lowest BCUT2D eigenvalue weighted by atomic mass is 10.2. The number of nitrogens with zero attached hydrogens (tertiary/aromatic N) is 3. The number of benzene rings is 2. The van der Waals surface area contributed by atoms with Gasteiger partial charge in [0.15, 0.2) is 0 Å². The van der Waals surface area contributed by atoms with Crippen LogP contribution in [0.5, 0.6) is 5.75 Å². The first kappa shape index (κ1) is 22.9. The molecular weight excluding hydrogens is 448 g/mol. The Balaban J connectivity index is 1.72. The molecule has 4 rings (SSSR count). The zero-order chi connectivity index (χ0) is 23.5. The summed E-state index contributed by atoms with van der Waals surface area (Å²) >= 11 is 6.02. The van der Waals surface area contributed by atoms with Crippen LogP contribution in [0.4, 0.5) is 11.5 Å². The Kier molecular flexibility index (Phi) is 6.73. The van der Waals surface area contributed by atoms with Crippen LogP contribution in [0.25, 0.3) is 0 Å². The largest absolute Gasteiger partial charge is 0.508 e. The molecule has 3 N–H and O–H groups in total. The van der Waals surface area contributed by atoms with E-state index in [1.807, 2.05) is 18.2 Å². The Morgan fingerprint density at radius 3 is 2.58 bits per heavy atom. The average molecular weight is 473 g/mol. The second-order valence-corrected chi connectivity index (χ2v) is 8.24. The highest BCUT2D eigenvalue weighted by atomic mass is 35.5. The van der Waals surface area contributed by atoms with Gasteiger partial charge in [0.05, 0.1) is 6.61 Å². The topological polar surface area (TPSA) is 109 Å². The molecule has 1 aliphatic heterocycles. The molecule has 9 nitrogen and oxygen atoms in total. The lowest BCUT2D eigenvalue weighted by molar-refractivity contribution is 0.0592. The molecule has 0 saturated carbocycles. The van der Waals surface area contributed by atoms with Gasteiger partial charge in [-0.15, -0.1) is 0 Å². The number of hydrogen-bond acceptors (Lipinski definition) is 7. The predicted molar refractivity (Wildman–Crippen MR) is 126 cm³/mol. The van der Waals surface area contributed by atoms with Gasteiger partial charge in [-0.2, -0.15) is 0 Å². The summed E-state index contributed by atoms with van der Waals surface area (Å²) in [6.45, 7) is 0.479. The van der Waals surface area contributed by atoms with Crippen LogP contribution in [0.2, 0.25) is 5.02 Å². The molecular formula is C23H25ClN4O5. The minimum Gasteiger partial charge on any atom is -0.508 e. The van der Waals surface area contributed by atoms with Crippen molar-refractivity contribution in [3.05, 3.63) is 85.5 Å². The number of aromatic hydroxyl groups is 1. The van der Waals surface area contributed by atoms with E-state index in [-0.39, 0.29) is 31.9 Å². The number of rotatable bonds is 8. The summed E-state index contributed by atoms with van der Waals surface area (Å²) < 4.78 is 8.58. The van der Waals surface area contributed by atoms with Crippen molar-refractivity contribution in [3.63, 3.8) is 0 Å². The van der Waals surface area contributed by atoms with Crippen molar-refractivity contribution in [2.24, 2.45) is 7.05 Å². The number of anilines is 2. The van der Waals surface area contributed by atoms with Crippen LogP contribution in [0, 0.1) is 0 Å². The summed E-state index contributed by atoms with van der Waals surface area (Å²) in [7, 11) is 1.58. The summed E-state index contributed by atoms with van der Waals surface area (Å²) in [4.78, 5) is 27.9. The first-order valence-corrected chi connectivity index (χ1v) is 10.9.